The molecule has 0 aliphatic rings. The zero-order valence-electron chi connectivity index (χ0n) is 11.0. The van der Waals surface area contributed by atoms with Crippen molar-refractivity contribution in [1.82, 2.24) is 0 Å². The molecule has 2 aromatic rings. The summed E-state index contributed by atoms with van der Waals surface area (Å²) in [4.78, 5) is 24.0. The van der Waals surface area contributed by atoms with E-state index in [1.807, 2.05) is 0 Å². The number of carbonyl (C=O) groups excluding carboxylic acids is 2. The molecule has 0 bridgehead atoms. The van der Waals surface area contributed by atoms with Crippen LogP contribution in [-0.2, 0) is 4.74 Å². The molecule has 0 unspecified atom stereocenters. The standard InChI is InChI=1S/C18H10O3/c1-3-13-9-5-7-11-15(13)17(19)21-18(20)16-12-8-6-10-14(16)4-2/h1-2,5-12H. The summed E-state index contributed by atoms with van der Waals surface area (Å²) in [6, 6.07) is 12.8. The second-order valence-corrected chi connectivity index (χ2v) is 4.06. The monoisotopic (exact) mass is 274 g/mol. The highest BCUT2D eigenvalue weighted by Gasteiger charge is 2.18. The molecule has 0 saturated carbocycles. The summed E-state index contributed by atoms with van der Waals surface area (Å²) in [7, 11) is 0. The van der Waals surface area contributed by atoms with Crippen molar-refractivity contribution in [2.24, 2.45) is 0 Å². The van der Waals surface area contributed by atoms with Gasteiger partial charge in [0.1, 0.15) is 0 Å². The molecule has 21 heavy (non-hydrogen) atoms. The van der Waals surface area contributed by atoms with Crippen LogP contribution in [0.5, 0.6) is 0 Å². The van der Waals surface area contributed by atoms with Gasteiger partial charge in [0.25, 0.3) is 0 Å². The van der Waals surface area contributed by atoms with Crippen molar-refractivity contribution in [3.8, 4) is 24.7 Å². The van der Waals surface area contributed by atoms with Crippen LogP contribution in [0.4, 0.5) is 0 Å². The molecular formula is C18H10O3. The molecule has 3 heteroatoms. The molecule has 0 aliphatic heterocycles. The summed E-state index contributed by atoms with van der Waals surface area (Å²) in [5.41, 5.74) is 1.04. The molecule has 3 nitrogen and oxygen atoms in total. The van der Waals surface area contributed by atoms with Crippen molar-refractivity contribution < 1.29 is 14.3 Å². The molecule has 0 aliphatic carbocycles. The van der Waals surface area contributed by atoms with Gasteiger partial charge in [-0.05, 0) is 24.3 Å². The van der Waals surface area contributed by atoms with Gasteiger partial charge in [0.15, 0.2) is 0 Å². The van der Waals surface area contributed by atoms with Crippen molar-refractivity contribution in [2.75, 3.05) is 0 Å². The lowest BCUT2D eigenvalue weighted by molar-refractivity contribution is 0.0397. The van der Waals surface area contributed by atoms with Crippen LogP contribution in [0, 0.1) is 24.7 Å². The van der Waals surface area contributed by atoms with Gasteiger partial charge < -0.3 is 4.74 Å². The van der Waals surface area contributed by atoms with Crippen LogP contribution < -0.4 is 0 Å². The summed E-state index contributed by atoms with van der Waals surface area (Å²) in [5, 5.41) is 0. The Bertz CT molecular complexity index is 721. The number of benzene rings is 2. The van der Waals surface area contributed by atoms with Crippen molar-refractivity contribution in [3.05, 3.63) is 70.8 Å². The first-order valence-electron chi connectivity index (χ1n) is 6.05. The van der Waals surface area contributed by atoms with E-state index in [1.165, 1.54) is 12.1 Å². The second kappa shape index (κ2) is 6.23. The largest absolute Gasteiger partial charge is 0.386 e. The number of terminal acetylenes is 2. The molecule has 0 atom stereocenters. The van der Waals surface area contributed by atoms with Crippen LogP contribution in [0.3, 0.4) is 0 Å². The lowest BCUT2D eigenvalue weighted by atomic mass is 10.1. The number of carbonyl (C=O) groups is 2. The Labute approximate surface area is 122 Å². The van der Waals surface area contributed by atoms with Crippen LogP contribution in [0.1, 0.15) is 31.8 Å². The third-order valence-corrected chi connectivity index (χ3v) is 2.79. The Hall–Kier alpha value is -3.30. The van der Waals surface area contributed by atoms with Gasteiger partial charge in [-0.25, -0.2) is 9.59 Å². The lowest BCUT2D eigenvalue weighted by Crippen LogP contribution is -2.15. The average molecular weight is 274 g/mol. The van der Waals surface area contributed by atoms with Crippen molar-refractivity contribution >= 4 is 11.9 Å². The first-order chi connectivity index (χ1) is 10.2. The SMILES string of the molecule is C#Cc1ccccc1C(=O)OC(=O)c1ccccc1C#C. The van der Waals surface area contributed by atoms with E-state index in [1.54, 1.807) is 36.4 Å². The molecule has 0 spiro atoms. The zero-order valence-corrected chi connectivity index (χ0v) is 11.0. The van der Waals surface area contributed by atoms with E-state index in [9.17, 15) is 9.59 Å². The molecule has 100 valence electrons. The summed E-state index contributed by atoms with van der Waals surface area (Å²) >= 11 is 0. The Morgan fingerprint density at radius 2 is 1.14 bits per heavy atom. The van der Waals surface area contributed by atoms with E-state index < -0.39 is 11.9 Å². The Morgan fingerprint density at radius 1 is 0.762 bits per heavy atom. The highest BCUT2D eigenvalue weighted by Crippen LogP contribution is 2.13. The minimum Gasteiger partial charge on any atom is -0.386 e. The summed E-state index contributed by atoms with van der Waals surface area (Å²) in [6.07, 6.45) is 10.6. The Balaban J connectivity index is 2.26. The second-order valence-electron chi connectivity index (χ2n) is 4.06. The number of rotatable bonds is 2. The first-order valence-corrected chi connectivity index (χ1v) is 6.05. The minimum absolute atomic E-state index is 0.159. The normalized spacial score (nSPS) is 9.24. The Morgan fingerprint density at radius 3 is 1.52 bits per heavy atom. The van der Waals surface area contributed by atoms with E-state index in [0.29, 0.717) is 11.1 Å². The maximum absolute atomic E-state index is 12.0. The topological polar surface area (TPSA) is 43.4 Å². The van der Waals surface area contributed by atoms with E-state index in [2.05, 4.69) is 11.8 Å². The highest BCUT2D eigenvalue weighted by atomic mass is 16.6. The van der Waals surface area contributed by atoms with Crippen LogP contribution >= 0.6 is 0 Å². The van der Waals surface area contributed by atoms with E-state index in [4.69, 9.17) is 17.6 Å². The molecule has 2 aromatic carbocycles. The maximum atomic E-state index is 12.0. The molecule has 0 fully saturated rings. The van der Waals surface area contributed by atoms with Gasteiger partial charge in [-0.2, -0.15) is 0 Å². The van der Waals surface area contributed by atoms with Crippen LogP contribution in [0.25, 0.3) is 0 Å². The first kappa shape index (κ1) is 14.1. The van der Waals surface area contributed by atoms with Gasteiger partial charge in [0.05, 0.1) is 11.1 Å². The molecule has 0 amide bonds. The van der Waals surface area contributed by atoms with Crippen molar-refractivity contribution in [3.63, 3.8) is 0 Å². The van der Waals surface area contributed by atoms with Gasteiger partial charge in [0.2, 0.25) is 0 Å². The molecule has 0 aromatic heterocycles. The number of esters is 2. The zero-order chi connectivity index (χ0) is 15.2. The summed E-state index contributed by atoms with van der Waals surface area (Å²) in [6.45, 7) is 0. The van der Waals surface area contributed by atoms with Gasteiger partial charge in [0, 0.05) is 11.1 Å². The van der Waals surface area contributed by atoms with Crippen LogP contribution in [0.2, 0.25) is 0 Å². The molecule has 2 rings (SSSR count). The quantitative estimate of drug-likeness (QED) is 0.480. The van der Waals surface area contributed by atoms with E-state index in [-0.39, 0.29) is 11.1 Å². The molecular weight excluding hydrogens is 264 g/mol. The van der Waals surface area contributed by atoms with Crippen molar-refractivity contribution in [2.45, 2.75) is 0 Å². The van der Waals surface area contributed by atoms with Gasteiger partial charge in [-0.3, -0.25) is 0 Å². The molecule has 0 heterocycles. The smallest absolute Gasteiger partial charge is 0.347 e. The van der Waals surface area contributed by atoms with E-state index >= 15 is 0 Å². The predicted molar refractivity (Wildman–Crippen MR) is 78.5 cm³/mol. The number of hydrogen-bond acceptors (Lipinski definition) is 3. The number of hydrogen-bond donors (Lipinski definition) is 0. The predicted octanol–water partition coefficient (Wildman–Crippen LogP) is 2.65. The summed E-state index contributed by atoms with van der Waals surface area (Å²) < 4.78 is 4.84. The highest BCUT2D eigenvalue weighted by molar-refractivity contribution is 6.04. The van der Waals surface area contributed by atoms with Crippen molar-refractivity contribution in [1.29, 1.82) is 0 Å². The summed E-state index contributed by atoms with van der Waals surface area (Å²) in [5.74, 6) is 3.12. The fraction of sp³-hybridized carbons (Fsp3) is 0. The fourth-order valence-electron chi connectivity index (χ4n) is 1.77. The molecule has 0 radical (unpaired) electrons. The third kappa shape index (κ3) is 3.00. The van der Waals surface area contributed by atoms with Gasteiger partial charge in [-0.15, -0.1) is 12.8 Å². The third-order valence-electron chi connectivity index (χ3n) is 2.79. The van der Waals surface area contributed by atoms with Crippen LogP contribution in [-0.4, -0.2) is 11.9 Å². The van der Waals surface area contributed by atoms with Gasteiger partial charge in [-0.1, -0.05) is 36.1 Å². The lowest BCUT2D eigenvalue weighted by Gasteiger charge is -2.06. The van der Waals surface area contributed by atoms with Gasteiger partial charge >= 0.3 is 11.9 Å². The van der Waals surface area contributed by atoms with Crippen LogP contribution in [0.15, 0.2) is 48.5 Å². The fourth-order valence-corrected chi connectivity index (χ4v) is 1.77. The average Bonchev–Trinajstić information content (AvgIpc) is 2.54. The maximum Gasteiger partial charge on any atom is 0.347 e. The molecule has 0 saturated heterocycles. The molecule has 0 N–H and O–H groups in total. The number of ether oxygens (including phenoxy) is 1. The Kier molecular flexibility index (Phi) is 4.19. The minimum atomic E-state index is -0.805. The van der Waals surface area contributed by atoms with E-state index in [0.717, 1.165) is 0 Å².